The van der Waals surface area contributed by atoms with E-state index in [-0.39, 0.29) is 5.56 Å². The maximum absolute atomic E-state index is 12.1. The topological polar surface area (TPSA) is 88.3 Å². The average molecular weight is 302 g/mol. The molecule has 0 aromatic carbocycles. The molecule has 2 amide bonds. The van der Waals surface area contributed by atoms with Gasteiger partial charge in [0.25, 0.3) is 0 Å². The second-order valence-electron chi connectivity index (χ2n) is 4.60. The number of primary amides is 1. The molecule has 1 atom stereocenters. The fourth-order valence-electron chi connectivity index (χ4n) is 1.97. The predicted molar refractivity (Wildman–Crippen MR) is 67.6 cm³/mol. The fourth-order valence-corrected chi connectivity index (χ4v) is 1.97. The zero-order chi connectivity index (χ0) is 15.6. The summed E-state index contributed by atoms with van der Waals surface area (Å²) in [6.45, 7) is -0.899. The van der Waals surface area contributed by atoms with Gasteiger partial charge >= 0.3 is 6.18 Å². The molecule has 1 saturated heterocycles. The Morgan fingerprint density at radius 1 is 1.48 bits per heavy atom. The van der Waals surface area contributed by atoms with Crippen LogP contribution in [0, 0.1) is 0 Å². The average Bonchev–Trinajstić information content (AvgIpc) is 2.34. The molecule has 3 N–H and O–H groups in total. The molecule has 1 fully saturated rings. The van der Waals surface area contributed by atoms with Gasteiger partial charge in [0.1, 0.15) is 18.4 Å². The Kier molecular flexibility index (Phi) is 4.01. The van der Waals surface area contributed by atoms with Crippen molar-refractivity contribution in [3.05, 3.63) is 23.9 Å². The molecule has 114 valence electrons. The van der Waals surface area contributed by atoms with Gasteiger partial charge in [-0.05, 0) is 18.6 Å². The van der Waals surface area contributed by atoms with Crippen LogP contribution in [-0.2, 0) is 4.79 Å². The second kappa shape index (κ2) is 5.58. The molecule has 0 aliphatic carbocycles. The molecular weight excluding hydrogens is 289 g/mol. The van der Waals surface area contributed by atoms with Gasteiger partial charge in [0.2, 0.25) is 11.8 Å². The third-order valence-corrected chi connectivity index (χ3v) is 3.11. The molecule has 21 heavy (non-hydrogen) atoms. The number of carbonyl (C=O) groups excluding carboxylic acids is 2. The standard InChI is InChI=1S/C12H13F3N4O2/c13-12(14,15)6-18-11(21)8-2-4-19(8)9-5-7(10(16)20)1-3-17-9/h1,3,5,8H,2,4,6H2,(H2,16,20)(H,18,21). The molecule has 0 spiro atoms. The van der Waals surface area contributed by atoms with Crippen LogP contribution < -0.4 is 16.0 Å². The van der Waals surface area contributed by atoms with E-state index in [2.05, 4.69) is 4.98 Å². The predicted octanol–water partition coefficient (Wildman–Crippen LogP) is 0.438. The maximum Gasteiger partial charge on any atom is 0.405 e. The Hall–Kier alpha value is -2.32. The first-order valence-corrected chi connectivity index (χ1v) is 6.15. The number of carbonyl (C=O) groups is 2. The van der Waals surface area contributed by atoms with Crippen LogP contribution in [0.3, 0.4) is 0 Å². The summed E-state index contributed by atoms with van der Waals surface area (Å²) in [5.41, 5.74) is 5.37. The van der Waals surface area contributed by atoms with Crippen molar-refractivity contribution in [3.8, 4) is 0 Å². The lowest BCUT2D eigenvalue weighted by molar-refractivity contribution is -0.139. The Labute approximate surface area is 118 Å². The van der Waals surface area contributed by atoms with Crippen molar-refractivity contribution in [3.63, 3.8) is 0 Å². The van der Waals surface area contributed by atoms with E-state index < -0.39 is 30.6 Å². The minimum Gasteiger partial charge on any atom is -0.366 e. The highest BCUT2D eigenvalue weighted by Crippen LogP contribution is 2.25. The highest BCUT2D eigenvalue weighted by atomic mass is 19.4. The van der Waals surface area contributed by atoms with E-state index in [1.165, 1.54) is 23.2 Å². The van der Waals surface area contributed by atoms with E-state index in [1.54, 1.807) is 0 Å². The van der Waals surface area contributed by atoms with Crippen molar-refractivity contribution in [1.29, 1.82) is 0 Å². The lowest BCUT2D eigenvalue weighted by atomic mass is 10.0. The summed E-state index contributed by atoms with van der Waals surface area (Å²) in [6, 6.07) is 2.11. The highest BCUT2D eigenvalue weighted by Gasteiger charge is 2.37. The molecule has 1 aromatic rings. The number of hydrogen-bond acceptors (Lipinski definition) is 4. The van der Waals surface area contributed by atoms with E-state index in [1.807, 2.05) is 5.32 Å². The van der Waals surface area contributed by atoms with Crippen molar-refractivity contribution in [2.24, 2.45) is 5.73 Å². The third-order valence-electron chi connectivity index (χ3n) is 3.11. The molecule has 0 saturated carbocycles. The largest absolute Gasteiger partial charge is 0.405 e. The minimum absolute atomic E-state index is 0.223. The van der Waals surface area contributed by atoms with Gasteiger partial charge in [0.15, 0.2) is 0 Å². The lowest BCUT2D eigenvalue weighted by Gasteiger charge is -2.40. The summed E-state index contributed by atoms with van der Waals surface area (Å²) in [7, 11) is 0. The second-order valence-corrected chi connectivity index (χ2v) is 4.60. The summed E-state index contributed by atoms with van der Waals surface area (Å²) in [5, 5.41) is 1.84. The number of nitrogens with two attached hydrogens (primary N) is 1. The molecule has 9 heteroatoms. The van der Waals surface area contributed by atoms with E-state index in [0.717, 1.165) is 0 Å². The van der Waals surface area contributed by atoms with Gasteiger partial charge in [-0.15, -0.1) is 0 Å². The monoisotopic (exact) mass is 302 g/mol. The quantitative estimate of drug-likeness (QED) is 0.844. The van der Waals surface area contributed by atoms with Crippen molar-refractivity contribution in [1.82, 2.24) is 10.3 Å². The normalized spacial score (nSPS) is 18.0. The van der Waals surface area contributed by atoms with Crippen LogP contribution in [0.4, 0.5) is 19.0 Å². The number of halogens is 3. The van der Waals surface area contributed by atoms with Gasteiger partial charge in [-0.1, -0.05) is 0 Å². The first kappa shape index (κ1) is 15.1. The Balaban J connectivity index is 2.03. The molecule has 2 heterocycles. The molecule has 0 bridgehead atoms. The number of anilines is 1. The van der Waals surface area contributed by atoms with Crippen LogP contribution in [0.25, 0.3) is 0 Å². The van der Waals surface area contributed by atoms with E-state index >= 15 is 0 Å². The van der Waals surface area contributed by atoms with Crippen LogP contribution in [0.5, 0.6) is 0 Å². The van der Waals surface area contributed by atoms with Crippen LogP contribution in [-0.4, -0.2) is 42.1 Å². The maximum atomic E-state index is 12.1. The molecular formula is C12H13F3N4O2. The Morgan fingerprint density at radius 3 is 2.71 bits per heavy atom. The molecule has 0 radical (unpaired) electrons. The van der Waals surface area contributed by atoms with Crippen molar-refractivity contribution in [2.75, 3.05) is 18.0 Å². The van der Waals surface area contributed by atoms with Gasteiger partial charge in [-0.25, -0.2) is 4.98 Å². The first-order chi connectivity index (χ1) is 9.78. The van der Waals surface area contributed by atoms with Gasteiger partial charge < -0.3 is 16.0 Å². The Morgan fingerprint density at radius 2 is 2.19 bits per heavy atom. The molecule has 1 unspecified atom stereocenters. The SMILES string of the molecule is NC(=O)c1ccnc(N2CCC2C(=O)NCC(F)(F)F)c1. The number of nitrogens with one attached hydrogen (secondary N) is 1. The number of pyridine rings is 1. The number of hydrogen-bond donors (Lipinski definition) is 2. The summed E-state index contributed by atoms with van der Waals surface area (Å²) in [6.07, 6.45) is -2.67. The molecule has 6 nitrogen and oxygen atoms in total. The number of amides is 2. The highest BCUT2D eigenvalue weighted by molar-refractivity contribution is 5.94. The van der Waals surface area contributed by atoms with Crippen LogP contribution in [0.15, 0.2) is 18.3 Å². The minimum atomic E-state index is -4.45. The van der Waals surface area contributed by atoms with Gasteiger partial charge in [0, 0.05) is 18.3 Å². The summed E-state index contributed by atoms with van der Waals surface area (Å²) < 4.78 is 36.2. The molecule has 1 aliphatic heterocycles. The number of alkyl halides is 3. The fraction of sp³-hybridized carbons (Fsp3) is 0.417. The molecule has 2 rings (SSSR count). The van der Waals surface area contributed by atoms with Gasteiger partial charge in [-0.2, -0.15) is 13.2 Å². The zero-order valence-corrected chi connectivity index (χ0v) is 10.9. The van der Waals surface area contributed by atoms with Crippen LogP contribution >= 0.6 is 0 Å². The number of nitrogens with zero attached hydrogens (tertiary/aromatic N) is 2. The van der Waals surface area contributed by atoms with E-state index in [9.17, 15) is 22.8 Å². The van der Waals surface area contributed by atoms with Crippen molar-refractivity contribution >= 4 is 17.6 Å². The summed E-state index contributed by atoms with van der Waals surface area (Å²) >= 11 is 0. The van der Waals surface area contributed by atoms with Gasteiger partial charge in [0.05, 0.1) is 0 Å². The first-order valence-electron chi connectivity index (χ1n) is 6.15. The van der Waals surface area contributed by atoms with Crippen LogP contribution in [0.2, 0.25) is 0 Å². The Bertz CT molecular complexity index is 562. The zero-order valence-electron chi connectivity index (χ0n) is 10.9. The molecule has 1 aliphatic rings. The lowest BCUT2D eigenvalue weighted by Crippen LogP contribution is -2.57. The van der Waals surface area contributed by atoms with E-state index in [4.69, 9.17) is 5.73 Å². The van der Waals surface area contributed by atoms with Crippen molar-refractivity contribution in [2.45, 2.75) is 18.6 Å². The number of aromatic nitrogens is 1. The smallest absolute Gasteiger partial charge is 0.366 e. The third kappa shape index (κ3) is 3.61. The van der Waals surface area contributed by atoms with Crippen molar-refractivity contribution < 1.29 is 22.8 Å². The van der Waals surface area contributed by atoms with Gasteiger partial charge in [-0.3, -0.25) is 9.59 Å². The van der Waals surface area contributed by atoms with E-state index in [0.29, 0.717) is 18.8 Å². The number of rotatable bonds is 4. The summed E-state index contributed by atoms with van der Waals surface area (Å²) in [5.74, 6) is -1.02. The summed E-state index contributed by atoms with van der Waals surface area (Å²) in [4.78, 5) is 28.3. The molecule has 1 aromatic heterocycles. The van der Waals surface area contributed by atoms with Crippen LogP contribution in [0.1, 0.15) is 16.8 Å².